The molecule has 2 atom stereocenters. The van der Waals surface area contributed by atoms with Gasteiger partial charge >= 0.3 is 6.09 Å². The topological polar surface area (TPSA) is 65.1 Å². The molecular weight excluding hydrogens is 545 g/mol. The van der Waals surface area contributed by atoms with Gasteiger partial charge in [-0.05, 0) is 45.2 Å². The van der Waals surface area contributed by atoms with E-state index in [2.05, 4.69) is 0 Å². The predicted molar refractivity (Wildman–Crippen MR) is 166 cm³/mol. The van der Waals surface area contributed by atoms with Crippen LogP contribution in [-0.4, -0.2) is 23.8 Å². The zero-order chi connectivity index (χ0) is 29.4. The van der Waals surface area contributed by atoms with E-state index in [-0.39, 0.29) is 6.61 Å². The van der Waals surface area contributed by atoms with Gasteiger partial charge < -0.3 is 18.8 Å². The minimum atomic E-state index is -3.93. The van der Waals surface area contributed by atoms with Crippen LogP contribution >= 0.6 is 7.14 Å². The highest BCUT2D eigenvalue weighted by molar-refractivity contribution is 7.80. The Kier molecular flexibility index (Phi) is 7.34. The Morgan fingerprint density at radius 3 is 1.93 bits per heavy atom. The van der Waals surface area contributed by atoms with Crippen LogP contribution in [0.4, 0.5) is 10.5 Å². The molecule has 42 heavy (non-hydrogen) atoms. The van der Waals surface area contributed by atoms with Crippen LogP contribution in [0.3, 0.4) is 0 Å². The quantitative estimate of drug-likeness (QED) is 0.223. The molecule has 2 aliphatic rings. The first-order valence-corrected chi connectivity index (χ1v) is 16.1. The number of anilines is 1. The normalized spacial score (nSPS) is 21.8. The Morgan fingerprint density at radius 2 is 1.38 bits per heavy atom. The van der Waals surface area contributed by atoms with Crippen LogP contribution in [0.1, 0.15) is 44.7 Å². The first-order chi connectivity index (χ1) is 20.2. The van der Waals surface area contributed by atoms with Crippen LogP contribution in [0.25, 0.3) is 0 Å². The van der Waals surface area contributed by atoms with E-state index in [1.165, 1.54) is 4.90 Å². The van der Waals surface area contributed by atoms with Gasteiger partial charge in [-0.15, -0.1) is 0 Å². The number of nitrogens with zero attached hydrogens (tertiary/aromatic N) is 1. The lowest BCUT2D eigenvalue weighted by Crippen LogP contribution is -2.64. The summed E-state index contributed by atoms with van der Waals surface area (Å²) >= 11 is 0. The molecule has 0 saturated carbocycles. The summed E-state index contributed by atoms with van der Waals surface area (Å²) in [5.41, 5.74) is -1.61. The third-order valence-corrected chi connectivity index (χ3v) is 11.6. The molecule has 7 heteroatoms. The van der Waals surface area contributed by atoms with Crippen molar-refractivity contribution in [1.29, 1.82) is 0 Å². The van der Waals surface area contributed by atoms with E-state index in [4.69, 9.17) is 14.2 Å². The molecule has 2 unspecified atom stereocenters. The van der Waals surface area contributed by atoms with Gasteiger partial charge in [0.25, 0.3) is 0 Å². The van der Waals surface area contributed by atoms with Gasteiger partial charge in [-0.3, -0.25) is 0 Å². The van der Waals surface area contributed by atoms with Crippen molar-refractivity contribution >= 4 is 29.5 Å². The fourth-order valence-electron chi connectivity index (χ4n) is 6.37. The van der Waals surface area contributed by atoms with Gasteiger partial charge in [0.15, 0.2) is 12.7 Å². The van der Waals surface area contributed by atoms with Crippen LogP contribution in [-0.2, 0) is 31.0 Å². The van der Waals surface area contributed by atoms with Crippen molar-refractivity contribution in [3.63, 3.8) is 0 Å². The SMILES string of the molecule is CC(C)(C)OC(=O)N1c2ccccc2C2(CCCO2)C1(OCc1ccccc1)P(=O)(c1ccccc1)c1ccccc1. The Labute approximate surface area is 247 Å². The number of amides is 1. The van der Waals surface area contributed by atoms with Crippen molar-refractivity contribution in [2.24, 2.45) is 0 Å². The number of rotatable bonds is 6. The lowest BCUT2D eigenvalue weighted by atomic mass is 9.91. The molecule has 1 spiro atoms. The summed E-state index contributed by atoms with van der Waals surface area (Å²) in [6.45, 7) is 6.03. The molecule has 1 fully saturated rings. The summed E-state index contributed by atoms with van der Waals surface area (Å²) in [5.74, 6) is 0. The van der Waals surface area contributed by atoms with E-state index >= 15 is 4.57 Å². The van der Waals surface area contributed by atoms with Crippen LogP contribution in [0, 0.1) is 0 Å². The number of ether oxygens (including phenoxy) is 3. The zero-order valence-corrected chi connectivity index (χ0v) is 25.1. The number of benzene rings is 4. The van der Waals surface area contributed by atoms with Gasteiger partial charge in [0, 0.05) is 22.8 Å². The second kappa shape index (κ2) is 10.9. The van der Waals surface area contributed by atoms with Crippen LogP contribution < -0.4 is 15.5 Å². The zero-order valence-electron chi connectivity index (χ0n) is 24.2. The summed E-state index contributed by atoms with van der Waals surface area (Å²) in [7, 11) is -3.93. The van der Waals surface area contributed by atoms with Crippen molar-refractivity contribution in [3.8, 4) is 0 Å². The number of carbonyl (C=O) groups excluding carboxylic acids is 1. The molecule has 2 heterocycles. The maximum Gasteiger partial charge on any atom is 0.417 e. The molecule has 0 radical (unpaired) electrons. The summed E-state index contributed by atoms with van der Waals surface area (Å²) in [6, 6.07) is 36.1. The smallest absolute Gasteiger partial charge is 0.417 e. The van der Waals surface area contributed by atoms with Crippen LogP contribution in [0.2, 0.25) is 0 Å². The molecule has 4 aromatic rings. The molecular formula is C35H36NO5P. The van der Waals surface area contributed by atoms with Gasteiger partial charge in [0.2, 0.25) is 5.47 Å². The lowest BCUT2D eigenvalue weighted by Gasteiger charge is -2.50. The summed E-state index contributed by atoms with van der Waals surface area (Å²) < 4.78 is 36.6. The fraction of sp³-hybridized carbons (Fsp3) is 0.286. The van der Waals surface area contributed by atoms with Crippen LogP contribution in [0.5, 0.6) is 0 Å². The van der Waals surface area contributed by atoms with Crippen molar-refractivity contribution < 1.29 is 23.6 Å². The Morgan fingerprint density at radius 1 is 0.833 bits per heavy atom. The third kappa shape index (κ3) is 4.41. The molecule has 0 bridgehead atoms. The molecule has 1 amide bonds. The minimum absolute atomic E-state index is 0.100. The second-order valence-corrected chi connectivity index (χ2v) is 14.6. The van der Waals surface area contributed by atoms with Gasteiger partial charge in [0.1, 0.15) is 5.60 Å². The lowest BCUT2D eigenvalue weighted by molar-refractivity contribution is -0.147. The number of carbonyl (C=O) groups is 1. The summed E-state index contributed by atoms with van der Waals surface area (Å²) in [4.78, 5) is 16.1. The molecule has 216 valence electrons. The van der Waals surface area contributed by atoms with Gasteiger partial charge in [0.05, 0.1) is 12.3 Å². The maximum absolute atomic E-state index is 16.6. The van der Waals surface area contributed by atoms with E-state index in [9.17, 15) is 4.79 Å². The molecule has 0 aromatic heterocycles. The molecule has 6 rings (SSSR count). The van der Waals surface area contributed by atoms with Crippen molar-refractivity contribution in [2.45, 2.75) is 56.9 Å². The first kappa shape index (κ1) is 28.4. The molecule has 6 nitrogen and oxygen atoms in total. The van der Waals surface area contributed by atoms with E-state index < -0.39 is 29.9 Å². The Bertz CT molecular complexity index is 1550. The highest BCUT2D eigenvalue weighted by atomic mass is 31.2. The predicted octanol–water partition coefficient (Wildman–Crippen LogP) is 7.33. The number of fused-ring (bicyclic) bond motifs is 2. The van der Waals surface area contributed by atoms with Gasteiger partial charge in [-0.25, -0.2) is 9.69 Å². The van der Waals surface area contributed by atoms with Crippen molar-refractivity contribution in [3.05, 3.63) is 126 Å². The van der Waals surface area contributed by atoms with Crippen molar-refractivity contribution in [1.82, 2.24) is 0 Å². The largest absolute Gasteiger partial charge is 0.443 e. The molecule has 4 aromatic carbocycles. The standard InChI is InChI=1S/C35H36NO5P/c1-33(2,3)41-32(37)36-31-23-14-13-22-30(31)34(24-15-25-39-34)35(36,40-26-27-16-7-4-8-17-27)42(38,28-18-9-5-10-19-28)29-20-11-6-12-21-29/h4-14,16-23H,15,24-26H2,1-3H3. The number of hydrogen-bond acceptors (Lipinski definition) is 5. The highest BCUT2D eigenvalue weighted by Gasteiger charge is 2.76. The average molecular weight is 582 g/mol. The fourth-order valence-corrected chi connectivity index (χ4v) is 10.1. The monoisotopic (exact) mass is 581 g/mol. The molecule has 2 aliphatic heterocycles. The average Bonchev–Trinajstić information content (AvgIpc) is 3.59. The van der Waals surface area contributed by atoms with Crippen molar-refractivity contribution in [2.75, 3.05) is 11.5 Å². The minimum Gasteiger partial charge on any atom is -0.443 e. The van der Waals surface area contributed by atoms with Gasteiger partial charge in [-0.1, -0.05) is 109 Å². The summed E-state index contributed by atoms with van der Waals surface area (Å²) in [5, 5.41) is 1.14. The van der Waals surface area contributed by atoms with E-state index in [1.54, 1.807) is 0 Å². The Balaban J connectivity index is 1.73. The third-order valence-electron chi connectivity index (χ3n) is 7.96. The number of hydrogen-bond donors (Lipinski definition) is 0. The molecule has 1 saturated heterocycles. The Hall–Kier alpha value is -3.70. The highest BCUT2D eigenvalue weighted by Crippen LogP contribution is 2.73. The second-order valence-electron chi connectivity index (χ2n) is 11.8. The molecule has 0 aliphatic carbocycles. The van der Waals surface area contributed by atoms with E-state index in [0.29, 0.717) is 29.3 Å². The maximum atomic E-state index is 16.6. The van der Waals surface area contributed by atoms with E-state index in [1.807, 2.05) is 136 Å². The number of para-hydroxylation sites is 1. The van der Waals surface area contributed by atoms with Crippen LogP contribution in [0.15, 0.2) is 115 Å². The first-order valence-electron chi connectivity index (χ1n) is 14.4. The van der Waals surface area contributed by atoms with Gasteiger partial charge in [-0.2, -0.15) is 0 Å². The van der Waals surface area contributed by atoms with E-state index in [0.717, 1.165) is 17.5 Å². The summed E-state index contributed by atoms with van der Waals surface area (Å²) in [6.07, 6.45) is 0.598. The molecule has 0 N–H and O–H groups in total.